The highest BCUT2D eigenvalue weighted by molar-refractivity contribution is 5.91. The Kier molecular flexibility index (Phi) is 5.09. The number of carbonyl (C=O) groups excluding carboxylic acids is 1. The molecule has 0 saturated carbocycles. The van der Waals surface area contributed by atoms with Gasteiger partial charge in [-0.2, -0.15) is 8.78 Å². The van der Waals surface area contributed by atoms with E-state index in [1.165, 1.54) is 12.1 Å². The van der Waals surface area contributed by atoms with Gasteiger partial charge in [-0.15, -0.1) is 6.42 Å². The van der Waals surface area contributed by atoms with E-state index in [9.17, 15) is 22.4 Å². The van der Waals surface area contributed by atoms with E-state index in [1.54, 1.807) is 13.0 Å². The van der Waals surface area contributed by atoms with Crippen molar-refractivity contribution in [2.24, 2.45) is 0 Å². The van der Waals surface area contributed by atoms with Gasteiger partial charge in [0.2, 0.25) is 17.4 Å². The zero-order valence-electron chi connectivity index (χ0n) is 12.3. The van der Waals surface area contributed by atoms with E-state index < -0.39 is 35.0 Å². The molecule has 0 aromatic heterocycles. The van der Waals surface area contributed by atoms with Crippen LogP contribution in [0, 0.1) is 42.5 Å². The summed E-state index contributed by atoms with van der Waals surface area (Å²) in [5.41, 5.74) is 0.438. The maximum absolute atomic E-state index is 13.5. The third kappa shape index (κ3) is 3.66. The molecule has 7 heteroatoms. The summed E-state index contributed by atoms with van der Waals surface area (Å²) in [5, 5.41) is 0. The fraction of sp³-hybridized carbons (Fsp3) is 0.118. The second-order valence-electron chi connectivity index (χ2n) is 4.71. The molecule has 0 atom stereocenters. The molecule has 0 aliphatic heterocycles. The second-order valence-corrected chi connectivity index (χ2v) is 4.71. The quantitative estimate of drug-likeness (QED) is 0.280. The molecule has 0 fully saturated rings. The number of benzene rings is 2. The van der Waals surface area contributed by atoms with Crippen LogP contribution in [0.25, 0.3) is 0 Å². The molecule has 2 aromatic rings. The van der Waals surface area contributed by atoms with Crippen LogP contribution in [-0.2, 0) is 0 Å². The fourth-order valence-electron chi connectivity index (χ4n) is 1.87. The molecule has 0 bridgehead atoms. The standard InChI is InChI=1S/C17H10F4O3/c1-3-4-23-11-6-9(2)5-10(7-11)17(22)24-16-14(20)12(18)8-13(19)15(16)21/h1,5-8H,4H2,2H3. The van der Waals surface area contributed by atoms with Crippen LogP contribution in [0.5, 0.6) is 11.5 Å². The lowest BCUT2D eigenvalue weighted by atomic mass is 10.1. The number of carbonyl (C=O) groups is 1. The predicted molar refractivity (Wildman–Crippen MR) is 76.7 cm³/mol. The number of hydrogen-bond acceptors (Lipinski definition) is 3. The minimum absolute atomic E-state index is 0.0143. The first-order valence-corrected chi connectivity index (χ1v) is 6.56. The summed E-state index contributed by atoms with van der Waals surface area (Å²) >= 11 is 0. The summed E-state index contributed by atoms with van der Waals surface area (Å²) in [4.78, 5) is 12.0. The molecule has 0 amide bonds. The Morgan fingerprint density at radius 2 is 1.71 bits per heavy atom. The summed E-state index contributed by atoms with van der Waals surface area (Å²) < 4.78 is 63.0. The van der Waals surface area contributed by atoms with Crippen molar-refractivity contribution < 1.29 is 31.8 Å². The maximum Gasteiger partial charge on any atom is 0.343 e. The number of halogens is 4. The lowest BCUT2D eigenvalue weighted by molar-refractivity contribution is 0.0716. The molecule has 0 N–H and O–H groups in total. The lowest BCUT2D eigenvalue weighted by Crippen LogP contribution is -2.13. The van der Waals surface area contributed by atoms with Crippen LogP contribution < -0.4 is 9.47 Å². The van der Waals surface area contributed by atoms with Crippen LogP contribution in [-0.4, -0.2) is 12.6 Å². The van der Waals surface area contributed by atoms with Crippen molar-refractivity contribution in [3.63, 3.8) is 0 Å². The lowest BCUT2D eigenvalue weighted by Gasteiger charge is -2.10. The molecule has 0 unspecified atom stereocenters. The van der Waals surface area contributed by atoms with Gasteiger partial charge in [-0.1, -0.05) is 5.92 Å². The van der Waals surface area contributed by atoms with Gasteiger partial charge in [0, 0.05) is 6.07 Å². The van der Waals surface area contributed by atoms with Crippen molar-refractivity contribution >= 4 is 5.97 Å². The topological polar surface area (TPSA) is 35.5 Å². The Balaban J connectivity index is 2.34. The Hall–Kier alpha value is -3.01. The minimum Gasteiger partial charge on any atom is -0.481 e. The molecule has 0 saturated heterocycles. The summed E-state index contributed by atoms with van der Waals surface area (Å²) in [6.07, 6.45) is 5.06. The Morgan fingerprint density at radius 3 is 2.29 bits per heavy atom. The zero-order valence-corrected chi connectivity index (χ0v) is 12.3. The van der Waals surface area contributed by atoms with Crippen LogP contribution in [0.2, 0.25) is 0 Å². The number of ether oxygens (including phenoxy) is 2. The molecular formula is C17H10F4O3. The smallest absolute Gasteiger partial charge is 0.343 e. The van der Waals surface area contributed by atoms with Gasteiger partial charge in [0.1, 0.15) is 12.4 Å². The summed E-state index contributed by atoms with van der Waals surface area (Å²) in [5.74, 6) is -7.19. The SMILES string of the molecule is C#CCOc1cc(C)cc(C(=O)Oc2c(F)c(F)cc(F)c2F)c1. The van der Waals surface area contributed by atoms with Gasteiger partial charge in [0.15, 0.2) is 11.6 Å². The first kappa shape index (κ1) is 17.3. The Morgan fingerprint density at radius 1 is 1.08 bits per heavy atom. The van der Waals surface area contributed by atoms with Crippen LogP contribution in [0.1, 0.15) is 15.9 Å². The van der Waals surface area contributed by atoms with Crippen molar-refractivity contribution in [3.05, 3.63) is 58.7 Å². The number of rotatable bonds is 4. The van der Waals surface area contributed by atoms with Gasteiger partial charge in [-0.25, -0.2) is 13.6 Å². The molecule has 2 aromatic carbocycles. The van der Waals surface area contributed by atoms with Crippen molar-refractivity contribution in [1.82, 2.24) is 0 Å². The van der Waals surface area contributed by atoms with Crippen molar-refractivity contribution in [1.29, 1.82) is 0 Å². The number of hydrogen-bond donors (Lipinski definition) is 0. The Labute approximate surface area is 134 Å². The molecule has 24 heavy (non-hydrogen) atoms. The molecule has 2 rings (SSSR count). The highest BCUT2D eigenvalue weighted by Gasteiger charge is 2.24. The fourth-order valence-corrected chi connectivity index (χ4v) is 1.87. The largest absolute Gasteiger partial charge is 0.481 e. The molecule has 124 valence electrons. The molecule has 0 heterocycles. The number of aryl methyl sites for hydroxylation is 1. The van der Waals surface area contributed by atoms with Gasteiger partial charge >= 0.3 is 5.97 Å². The first-order valence-electron chi connectivity index (χ1n) is 6.56. The molecule has 0 aliphatic carbocycles. The maximum atomic E-state index is 13.5. The molecule has 0 radical (unpaired) electrons. The number of esters is 1. The van der Waals surface area contributed by atoms with Crippen molar-refractivity contribution in [2.45, 2.75) is 6.92 Å². The van der Waals surface area contributed by atoms with E-state index in [2.05, 4.69) is 10.7 Å². The van der Waals surface area contributed by atoms with Crippen LogP contribution in [0.3, 0.4) is 0 Å². The number of terminal acetylenes is 1. The monoisotopic (exact) mass is 338 g/mol. The van der Waals surface area contributed by atoms with Gasteiger partial charge in [-0.3, -0.25) is 0 Å². The minimum atomic E-state index is -1.81. The van der Waals surface area contributed by atoms with E-state index in [1.807, 2.05) is 0 Å². The normalized spacial score (nSPS) is 10.2. The predicted octanol–water partition coefficient (Wildman–Crippen LogP) is 3.78. The van der Waals surface area contributed by atoms with Gasteiger partial charge < -0.3 is 9.47 Å². The zero-order chi connectivity index (χ0) is 17.9. The average molecular weight is 338 g/mol. The third-order valence-corrected chi connectivity index (χ3v) is 2.88. The molecule has 0 aliphatic rings. The van der Waals surface area contributed by atoms with E-state index in [4.69, 9.17) is 11.2 Å². The Bertz CT molecular complexity index is 814. The van der Waals surface area contributed by atoms with E-state index in [-0.39, 0.29) is 24.0 Å². The van der Waals surface area contributed by atoms with E-state index in [0.717, 1.165) is 0 Å². The van der Waals surface area contributed by atoms with Gasteiger partial charge in [-0.05, 0) is 30.7 Å². The highest BCUT2D eigenvalue weighted by atomic mass is 19.2. The van der Waals surface area contributed by atoms with E-state index in [0.29, 0.717) is 5.56 Å². The van der Waals surface area contributed by atoms with Gasteiger partial charge in [0.25, 0.3) is 0 Å². The van der Waals surface area contributed by atoms with Crippen molar-refractivity contribution in [2.75, 3.05) is 6.61 Å². The summed E-state index contributed by atoms with van der Waals surface area (Å²) in [6.45, 7) is 1.57. The molecule has 0 spiro atoms. The summed E-state index contributed by atoms with van der Waals surface area (Å²) in [6, 6.07) is 4.15. The first-order chi connectivity index (χ1) is 11.3. The molecular weight excluding hydrogens is 328 g/mol. The van der Waals surface area contributed by atoms with E-state index >= 15 is 0 Å². The highest BCUT2D eigenvalue weighted by Crippen LogP contribution is 2.28. The van der Waals surface area contributed by atoms with Crippen molar-refractivity contribution in [3.8, 4) is 23.8 Å². The summed E-state index contributed by atoms with van der Waals surface area (Å²) in [7, 11) is 0. The average Bonchev–Trinajstić information content (AvgIpc) is 2.54. The third-order valence-electron chi connectivity index (χ3n) is 2.88. The van der Waals surface area contributed by atoms with Gasteiger partial charge in [0.05, 0.1) is 5.56 Å². The second kappa shape index (κ2) is 7.04. The molecule has 3 nitrogen and oxygen atoms in total. The van der Waals surface area contributed by atoms with Crippen LogP contribution >= 0.6 is 0 Å². The van der Waals surface area contributed by atoms with Crippen LogP contribution in [0.15, 0.2) is 24.3 Å². The van der Waals surface area contributed by atoms with Crippen LogP contribution in [0.4, 0.5) is 17.6 Å².